The average molecular weight is 574 g/mol. The third kappa shape index (κ3) is 8.16. The zero-order valence-corrected chi connectivity index (χ0v) is 26.3. The standard InChI is InChI=1S/C33H37ClFN3.C3H8/c1-6-9-10-25(19-36-22(4)33(5,8-3)27-13-14-27)24-12-16-31-28(18-24)32(29(34)21-37-31)38-20-26-17-23(7-2)11-15-30(26)35;1-3-2/h7,9-12,15-19,21,27H,2,6,8,13-14,20H2,1,3-5H3,(H,37,38);3H2,1-2H3/b10-9-,25-19+,36-22?;. The Morgan fingerprint density at radius 3 is 2.54 bits per heavy atom. The number of rotatable bonds is 11. The number of fused-ring (bicyclic) bond motifs is 1. The molecular formula is C36H45ClFN3. The summed E-state index contributed by atoms with van der Waals surface area (Å²) in [6.45, 7) is 17.2. The van der Waals surface area contributed by atoms with Gasteiger partial charge in [-0.3, -0.25) is 9.98 Å². The fourth-order valence-electron chi connectivity index (χ4n) is 4.90. The molecule has 4 rings (SSSR count). The van der Waals surface area contributed by atoms with E-state index in [4.69, 9.17) is 16.6 Å². The normalized spacial score (nSPS) is 15.4. The van der Waals surface area contributed by atoms with Crippen molar-refractivity contribution in [3.05, 3.63) is 95.1 Å². The molecule has 1 unspecified atom stereocenters. The van der Waals surface area contributed by atoms with Crippen molar-refractivity contribution < 1.29 is 4.39 Å². The summed E-state index contributed by atoms with van der Waals surface area (Å²) >= 11 is 6.60. The van der Waals surface area contributed by atoms with Gasteiger partial charge in [0.2, 0.25) is 0 Å². The van der Waals surface area contributed by atoms with E-state index in [0.29, 0.717) is 10.6 Å². The highest BCUT2D eigenvalue weighted by molar-refractivity contribution is 6.34. The number of pyridine rings is 1. The molecule has 0 saturated heterocycles. The van der Waals surface area contributed by atoms with Gasteiger partial charge in [-0.15, -0.1) is 0 Å². The Morgan fingerprint density at radius 2 is 1.90 bits per heavy atom. The molecule has 1 N–H and O–H groups in total. The van der Waals surface area contributed by atoms with Crippen LogP contribution < -0.4 is 5.32 Å². The Hall–Kier alpha value is -3.24. The molecule has 41 heavy (non-hydrogen) atoms. The summed E-state index contributed by atoms with van der Waals surface area (Å²) in [6, 6.07) is 11.1. The Kier molecular flexibility index (Phi) is 11.9. The van der Waals surface area contributed by atoms with E-state index in [-0.39, 0.29) is 17.8 Å². The summed E-state index contributed by atoms with van der Waals surface area (Å²) in [4.78, 5) is 9.50. The Morgan fingerprint density at radius 1 is 1.17 bits per heavy atom. The van der Waals surface area contributed by atoms with Gasteiger partial charge < -0.3 is 5.32 Å². The molecule has 2 aromatic carbocycles. The van der Waals surface area contributed by atoms with Gasteiger partial charge in [0.15, 0.2) is 0 Å². The fraction of sp³-hybridized carbons (Fsp3) is 0.389. The van der Waals surface area contributed by atoms with Crippen LogP contribution in [0.25, 0.3) is 22.6 Å². The number of anilines is 1. The van der Waals surface area contributed by atoms with Gasteiger partial charge in [0.25, 0.3) is 0 Å². The van der Waals surface area contributed by atoms with Crippen molar-refractivity contribution in [1.29, 1.82) is 0 Å². The van der Waals surface area contributed by atoms with E-state index >= 15 is 0 Å². The summed E-state index contributed by atoms with van der Waals surface area (Å²) in [6.07, 6.45) is 15.4. The topological polar surface area (TPSA) is 37.3 Å². The van der Waals surface area contributed by atoms with Crippen LogP contribution in [-0.2, 0) is 6.54 Å². The van der Waals surface area contributed by atoms with Crippen LogP contribution in [0.3, 0.4) is 0 Å². The van der Waals surface area contributed by atoms with Crippen LogP contribution in [0.2, 0.25) is 5.02 Å². The molecule has 1 fully saturated rings. The van der Waals surface area contributed by atoms with Crippen molar-refractivity contribution in [3.8, 4) is 0 Å². The van der Waals surface area contributed by atoms with Crippen LogP contribution in [0.5, 0.6) is 0 Å². The maximum absolute atomic E-state index is 14.5. The van der Waals surface area contributed by atoms with Gasteiger partial charge in [-0.2, -0.15) is 0 Å². The number of hydrogen-bond donors (Lipinski definition) is 1. The second-order valence-corrected chi connectivity index (χ2v) is 11.4. The zero-order valence-electron chi connectivity index (χ0n) is 25.5. The second-order valence-electron chi connectivity index (χ2n) is 11.0. The number of aromatic nitrogens is 1. The van der Waals surface area contributed by atoms with Gasteiger partial charge in [0, 0.05) is 41.0 Å². The van der Waals surface area contributed by atoms with Crippen LogP contribution in [0, 0.1) is 17.2 Å². The molecule has 5 heteroatoms. The molecule has 0 aliphatic heterocycles. The zero-order chi connectivity index (χ0) is 30.0. The number of allylic oxidation sites excluding steroid dienone is 3. The second kappa shape index (κ2) is 15.1. The van der Waals surface area contributed by atoms with Crippen molar-refractivity contribution in [2.24, 2.45) is 16.3 Å². The van der Waals surface area contributed by atoms with Crippen molar-refractivity contribution in [2.45, 2.75) is 80.2 Å². The molecule has 1 aromatic heterocycles. The number of aliphatic imine (C=N–C) groups is 1. The Labute approximate surface area is 251 Å². The Balaban J connectivity index is 0.00000147. The molecular weight excluding hydrogens is 529 g/mol. The maximum atomic E-state index is 14.5. The first-order chi connectivity index (χ1) is 19.7. The Bertz CT molecular complexity index is 1430. The highest BCUT2D eigenvalue weighted by Gasteiger charge is 2.42. The summed E-state index contributed by atoms with van der Waals surface area (Å²) in [5, 5.41) is 4.73. The van der Waals surface area contributed by atoms with Gasteiger partial charge in [-0.05, 0) is 79.5 Å². The van der Waals surface area contributed by atoms with Crippen molar-refractivity contribution in [3.63, 3.8) is 0 Å². The summed E-state index contributed by atoms with van der Waals surface area (Å²) in [5.41, 5.74) is 6.33. The van der Waals surface area contributed by atoms with Gasteiger partial charge in [-0.25, -0.2) is 4.39 Å². The molecule has 1 aliphatic carbocycles. The lowest BCUT2D eigenvalue weighted by Gasteiger charge is -2.28. The highest BCUT2D eigenvalue weighted by atomic mass is 35.5. The number of nitrogens with one attached hydrogen (secondary N) is 1. The molecule has 3 aromatic rings. The minimum absolute atomic E-state index is 0.145. The van der Waals surface area contributed by atoms with Crippen LogP contribution in [0.1, 0.15) is 90.3 Å². The molecule has 1 saturated carbocycles. The monoisotopic (exact) mass is 573 g/mol. The third-order valence-electron chi connectivity index (χ3n) is 7.89. The van der Waals surface area contributed by atoms with E-state index in [1.807, 2.05) is 12.3 Å². The largest absolute Gasteiger partial charge is 0.379 e. The predicted molar refractivity (Wildman–Crippen MR) is 178 cm³/mol. The van der Waals surface area contributed by atoms with E-state index < -0.39 is 0 Å². The van der Waals surface area contributed by atoms with Gasteiger partial charge in [0.05, 0.1) is 16.2 Å². The SMILES string of the molecule is C=Cc1ccc(F)c(CNc2c(Cl)cnc3ccc(C(/C=C\CC)=C/N=C(C)C(C)(CC)C4CC4)cc23)c1.CCC. The molecule has 0 radical (unpaired) electrons. The number of halogens is 2. The quantitative estimate of drug-likeness (QED) is 0.183. The molecule has 1 atom stereocenters. The lowest BCUT2D eigenvalue weighted by atomic mass is 9.78. The summed E-state index contributed by atoms with van der Waals surface area (Å²) in [7, 11) is 0. The molecule has 0 spiro atoms. The number of nitrogens with zero attached hydrogens (tertiary/aromatic N) is 2. The fourth-order valence-corrected chi connectivity index (χ4v) is 5.12. The first kappa shape index (κ1) is 32.3. The highest BCUT2D eigenvalue weighted by Crippen LogP contribution is 2.48. The van der Waals surface area contributed by atoms with E-state index in [1.54, 1.807) is 24.4 Å². The van der Waals surface area contributed by atoms with E-state index in [1.165, 1.54) is 31.0 Å². The van der Waals surface area contributed by atoms with Crippen LogP contribution in [0.4, 0.5) is 10.1 Å². The minimum Gasteiger partial charge on any atom is -0.379 e. The van der Waals surface area contributed by atoms with Gasteiger partial charge in [-0.1, -0.05) is 89.6 Å². The number of benzene rings is 2. The molecule has 0 amide bonds. The van der Waals surface area contributed by atoms with Crippen LogP contribution >= 0.6 is 11.6 Å². The lowest BCUT2D eigenvalue weighted by Crippen LogP contribution is -2.27. The first-order valence-electron chi connectivity index (χ1n) is 14.9. The predicted octanol–water partition coefficient (Wildman–Crippen LogP) is 11.3. The van der Waals surface area contributed by atoms with Crippen molar-refractivity contribution >= 4 is 45.6 Å². The molecule has 3 nitrogen and oxygen atoms in total. The smallest absolute Gasteiger partial charge is 0.128 e. The molecule has 1 heterocycles. The minimum atomic E-state index is -0.272. The molecule has 0 bridgehead atoms. The van der Waals surface area contributed by atoms with E-state index in [2.05, 4.69) is 82.7 Å². The summed E-state index contributed by atoms with van der Waals surface area (Å²) < 4.78 is 14.5. The van der Waals surface area contributed by atoms with Gasteiger partial charge >= 0.3 is 0 Å². The third-order valence-corrected chi connectivity index (χ3v) is 8.17. The lowest BCUT2D eigenvalue weighted by molar-refractivity contribution is 0.385. The van der Waals surface area contributed by atoms with Gasteiger partial charge in [0.1, 0.15) is 5.82 Å². The molecule has 218 valence electrons. The van der Waals surface area contributed by atoms with E-state index in [9.17, 15) is 4.39 Å². The maximum Gasteiger partial charge on any atom is 0.128 e. The first-order valence-corrected chi connectivity index (χ1v) is 15.2. The van der Waals surface area contributed by atoms with Crippen molar-refractivity contribution in [1.82, 2.24) is 4.98 Å². The van der Waals surface area contributed by atoms with E-state index in [0.717, 1.165) is 52.0 Å². The van der Waals surface area contributed by atoms with Crippen molar-refractivity contribution in [2.75, 3.05) is 5.32 Å². The number of hydrogen-bond acceptors (Lipinski definition) is 3. The average Bonchev–Trinajstić information content (AvgIpc) is 3.83. The van der Waals surface area contributed by atoms with Crippen LogP contribution in [-0.4, -0.2) is 10.7 Å². The summed E-state index contributed by atoms with van der Waals surface area (Å²) in [5.74, 6) is 0.463. The van der Waals surface area contributed by atoms with Crippen LogP contribution in [0.15, 0.2) is 72.5 Å². The molecule has 1 aliphatic rings.